The summed E-state index contributed by atoms with van der Waals surface area (Å²) in [7, 11) is 1.76. The molecule has 2 heterocycles. The Morgan fingerprint density at radius 3 is 3.00 bits per heavy atom. The summed E-state index contributed by atoms with van der Waals surface area (Å²) in [6, 6.07) is 6.09. The number of carbonyl (C=O) groups excluding carboxylic acids is 1. The van der Waals surface area contributed by atoms with Crippen molar-refractivity contribution in [1.82, 2.24) is 14.1 Å². The van der Waals surface area contributed by atoms with E-state index in [0.717, 1.165) is 15.8 Å². The number of thiazole rings is 1. The van der Waals surface area contributed by atoms with E-state index >= 15 is 0 Å². The zero-order valence-electron chi connectivity index (χ0n) is 12.3. The van der Waals surface area contributed by atoms with Gasteiger partial charge in [-0.3, -0.25) is 4.79 Å². The van der Waals surface area contributed by atoms with Crippen molar-refractivity contribution in [2.24, 2.45) is 12.0 Å². The standard InChI is InChI=1S/C16H14N4OS/c1-4-8-20-12-6-5-11(2)10-13(12)22-16(20)18-15(21)14-17-7-9-19(14)3/h1,5-7,9-10H,8H2,2-3H3. The summed E-state index contributed by atoms with van der Waals surface area (Å²) in [6.07, 6.45) is 8.74. The van der Waals surface area contributed by atoms with Crippen molar-refractivity contribution in [3.8, 4) is 12.3 Å². The number of imidazole rings is 1. The number of carbonyl (C=O) groups is 1. The Balaban J connectivity index is 2.19. The second kappa shape index (κ2) is 5.62. The summed E-state index contributed by atoms with van der Waals surface area (Å²) in [6.45, 7) is 2.40. The topological polar surface area (TPSA) is 52.2 Å². The number of amides is 1. The lowest BCUT2D eigenvalue weighted by atomic mass is 10.2. The molecule has 0 unspecified atom stereocenters. The molecule has 22 heavy (non-hydrogen) atoms. The van der Waals surface area contributed by atoms with Gasteiger partial charge in [-0.25, -0.2) is 4.98 Å². The van der Waals surface area contributed by atoms with Gasteiger partial charge in [0.25, 0.3) is 0 Å². The second-order valence-electron chi connectivity index (χ2n) is 4.92. The van der Waals surface area contributed by atoms with Crippen molar-refractivity contribution >= 4 is 27.5 Å². The molecular formula is C16H14N4OS. The van der Waals surface area contributed by atoms with E-state index in [0.29, 0.717) is 17.2 Å². The molecule has 3 rings (SSSR count). The van der Waals surface area contributed by atoms with Crippen LogP contribution in [0, 0.1) is 19.3 Å². The van der Waals surface area contributed by atoms with E-state index in [4.69, 9.17) is 6.42 Å². The van der Waals surface area contributed by atoms with Crippen LogP contribution in [0.4, 0.5) is 0 Å². The number of benzene rings is 1. The smallest absolute Gasteiger partial charge is 0.315 e. The number of nitrogens with zero attached hydrogens (tertiary/aromatic N) is 4. The summed E-state index contributed by atoms with van der Waals surface area (Å²) in [5, 5.41) is 0. The largest absolute Gasteiger partial charge is 0.330 e. The van der Waals surface area contributed by atoms with Crippen LogP contribution in [-0.2, 0) is 13.6 Å². The van der Waals surface area contributed by atoms with Crippen molar-refractivity contribution in [2.75, 3.05) is 0 Å². The number of fused-ring (bicyclic) bond motifs is 1. The van der Waals surface area contributed by atoms with Crippen LogP contribution < -0.4 is 4.80 Å². The number of rotatable bonds is 2. The summed E-state index contributed by atoms with van der Waals surface area (Å²) in [5.41, 5.74) is 2.14. The molecule has 1 amide bonds. The summed E-state index contributed by atoms with van der Waals surface area (Å²) < 4.78 is 4.58. The fraction of sp³-hybridized carbons (Fsp3) is 0.188. The monoisotopic (exact) mass is 310 g/mol. The van der Waals surface area contributed by atoms with Gasteiger partial charge in [0.15, 0.2) is 4.80 Å². The van der Waals surface area contributed by atoms with E-state index in [1.165, 1.54) is 11.3 Å². The van der Waals surface area contributed by atoms with Gasteiger partial charge < -0.3 is 9.13 Å². The highest BCUT2D eigenvalue weighted by molar-refractivity contribution is 7.16. The molecular weight excluding hydrogens is 296 g/mol. The third-order valence-corrected chi connectivity index (χ3v) is 4.34. The quantitative estimate of drug-likeness (QED) is 0.681. The predicted molar refractivity (Wildman–Crippen MR) is 86.5 cm³/mol. The van der Waals surface area contributed by atoms with Crippen molar-refractivity contribution < 1.29 is 4.79 Å². The van der Waals surface area contributed by atoms with Crippen LogP contribution in [0.25, 0.3) is 10.2 Å². The third-order valence-electron chi connectivity index (χ3n) is 3.30. The molecule has 0 bridgehead atoms. The van der Waals surface area contributed by atoms with Gasteiger partial charge in [-0.15, -0.1) is 6.42 Å². The average molecular weight is 310 g/mol. The molecule has 2 aromatic heterocycles. The van der Waals surface area contributed by atoms with Gasteiger partial charge in [0.2, 0.25) is 5.82 Å². The zero-order valence-corrected chi connectivity index (χ0v) is 13.1. The van der Waals surface area contributed by atoms with Crippen molar-refractivity contribution in [3.05, 3.63) is 46.8 Å². The van der Waals surface area contributed by atoms with Crippen LogP contribution in [0.1, 0.15) is 16.2 Å². The van der Waals surface area contributed by atoms with Crippen LogP contribution >= 0.6 is 11.3 Å². The molecule has 0 radical (unpaired) electrons. The first-order chi connectivity index (χ1) is 10.6. The first-order valence-corrected chi connectivity index (χ1v) is 7.51. The fourth-order valence-corrected chi connectivity index (χ4v) is 3.34. The third kappa shape index (κ3) is 2.47. The zero-order chi connectivity index (χ0) is 15.7. The van der Waals surface area contributed by atoms with Crippen LogP contribution in [-0.4, -0.2) is 20.0 Å². The van der Waals surface area contributed by atoms with E-state index < -0.39 is 0 Å². The molecule has 110 valence electrons. The van der Waals surface area contributed by atoms with Crippen molar-refractivity contribution in [1.29, 1.82) is 0 Å². The van der Waals surface area contributed by atoms with Gasteiger partial charge in [0.05, 0.1) is 16.8 Å². The molecule has 0 aliphatic heterocycles. The number of hydrogen-bond donors (Lipinski definition) is 0. The van der Waals surface area contributed by atoms with E-state index in [2.05, 4.69) is 22.0 Å². The number of aryl methyl sites for hydroxylation is 2. The lowest BCUT2D eigenvalue weighted by Crippen LogP contribution is -2.17. The Bertz CT molecular complexity index is 968. The molecule has 6 heteroatoms. The summed E-state index contributed by atoms with van der Waals surface area (Å²) in [4.78, 5) is 21.1. The van der Waals surface area contributed by atoms with Gasteiger partial charge in [-0.05, 0) is 24.6 Å². The van der Waals surface area contributed by atoms with Gasteiger partial charge in [0, 0.05) is 19.4 Å². The maximum atomic E-state index is 12.3. The normalized spacial score (nSPS) is 11.8. The Labute approximate surface area is 131 Å². The van der Waals surface area contributed by atoms with Gasteiger partial charge in [-0.2, -0.15) is 4.99 Å². The first kappa shape index (κ1) is 14.3. The van der Waals surface area contributed by atoms with Crippen LogP contribution in [0.5, 0.6) is 0 Å². The lowest BCUT2D eigenvalue weighted by molar-refractivity contribution is 0.0985. The maximum Gasteiger partial charge on any atom is 0.315 e. The van der Waals surface area contributed by atoms with E-state index in [1.807, 2.05) is 23.6 Å². The van der Waals surface area contributed by atoms with Crippen LogP contribution in [0.15, 0.2) is 35.6 Å². The molecule has 0 spiro atoms. The Kier molecular flexibility index (Phi) is 3.65. The second-order valence-corrected chi connectivity index (χ2v) is 5.93. The van der Waals surface area contributed by atoms with Gasteiger partial charge in [0.1, 0.15) is 0 Å². The molecule has 0 aliphatic carbocycles. The fourth-order valence-electron chi connectivity index (χ4n) is 2.22. The number of hydrogen-bond acceptors (Lipinski definition) is 3. The minimum Gasteiger partial charge on any atom is -0.330 e. The predicted octanol–water partition coefficient (Wildman–Crippen LogP) is 2.12. The molecule has 0 saturated heterocycles. The number of aromatic nitrogens is 3. The summed E-state index contributed by atoms with van der Waals surface area (Å²) in [5.74, 6) is 2.55. The molecule has 0 N–H and O–H groups in total. The SMILES string of the molecule is C#CCn1c(=NC(=O)c2nccn2C)sc2cc(C)ccc21. The lowest BCUT2D eigenvalue weighted by Gasteiger charge is -2.00. The minimum absolute atomic E-state index is 0.306. The minimum atomic E-state index is -0.374. The van der Waals surface area contributed by atoms with E-state index in [9.17, 15) is 4.79 Å². The van der Waals surface area contributed by atoms with Crippen molar-refractivity contribution in [2.45, 2.75) is 13.5 Å². The van der Waals surface area contributed by atoms with Gasteiger partial charge >= 0.3 is 5.91 Å². The van der Waals surface area contributed by atoms with Crippen LogP contribution in [0.3, 0.4) is 0 Å². The highest BCUT2D eigenvalue weighted by Crippen LogP contribution is 2.18. The number of terminal acetylenes is 1. The van der Waals surface area contributed by atoms with Crippen molar-refractivity contribution in [3.63, 3.8) is 0 Å². The molecule has 5 nitrogen and oxygen atoms in total. The molecule has 0 fully saturated rings. The highest BCUT2D eigenvalue weighted by atomic mass is 32.1. The van der Waals surface area contributed by atoms with E-state index in [-0.39, 0.29) is 5.91 Å². The van der Waals surface area contributed by atoms with E-state index in [1.54, 1.807) is 24.0 Å². The summed E-state index contributed by atoms with van der Waals surface area (Å²) >= 11 is 1.45. The molecule has 3 aromatic rings. The molecule has 0 aliphatic rings. The molecule has 0 saturated carbocycles. The Morgan fingerprint density at radius 1 is 1.50 bits per heavy atom. The Morgan fingerprint density at radius 2 is 2.32 bits per heavy atom. The highest BCUT2D eigenvalue weighted by Gasteiger charge is 2.12. The Hall–Kier alpha value is -2.65. The van der Waals surface area contributed by atoms with Gasteiger partial charge in [-0.1, -0.05) is 23.3 Å². The average Bonchev–Trinajstić information content (AvgIpc) is 3.03. The first-order valence-electron chi connectivity index (χ1n) is 6.70. The maximum absolute atomic E-state index is 12.3. The van der Waals surface area contributed by atoms with Crippen LogP contribution in [0.2, 0.25) is 0 Å². The molecule has 1 aromatic carbocycles. The molecule has 0 atom stereocenters.